The summed E-state index contributed by atoms with van der Waals surface area (Å²) in [5.74, 6) is -0.0741. The Morgan fingerprint density at radius 2 is 1.86 bits per heavy atom. The molecule has 0 spiro atoms. The third-order valence-electron chi connectivity index (χ3n) is 3.15. The lowest BCUT2D eigenvalue weighted by Crippen LogP contribution is -1.97. The van der Waals surface area contributed by atoms with E-state index in [4.69, 9.17) is 4.42 Å². The van der Waals surface area contributed by atoms with Gasteiger partial charge in [-0.3, -0.25) is 4.79 Å². The fraction of sp³-hybridized carbons (Fsp3) is 0. The number of aromatic nitrogens is 1. The SMILES string of the molecule is O=C(C=Cc1ccc(F)cc1)c1ccccc1-c1ncco1. The first kappa shape index (κ1) is 13.9. The zero-order valence-corrected chi connectivity index (χ0v) is 11.6. The predicted octanol–water partition coefficient (Wildman–Crippen LogP) is 4.38. The lowest BCUT2D eigenvalue weighted by atomic mass is 10.0. The summed E-state index contributed by atoms with van der Waals surface area (Å²) in [5, 5.41) is 0. The van der Waals surface area contributed by atoms with Gasteiger partial charge >= 0.3 is 0 Å². The molecule has 2 aromatic carbocycles. The van der Waals surface area contributed by atoms with Gasteiger partial charge in [0.25, 0.3) is 0 Å². The molecule has 0 atom stereocenters. The number of carbonyl (C=O) groups excluding carboxylic acids is 1. The van der Waals surface area contributed by atoms with Gasteiger partial charge in [-0.2, -0.15) is 0 Å². The average Bonchev–Trinajstić information content (AvgIpc) is 3.08. The molecule has 0 unspecified atom stereocenters. The van der Waals surface area contributed by atoms with Crippen molar-refractivity contribution in [2.75, 3.05) is 0 Å². The lowest BCUT2D eigenvalue weighted by molar-refractivity contribution is 0.104. The first-order valence-corrected chi connectivity index (χ1v) is 6.71. The highest BCUT2D eigenvalue weighted by molar-refractivity contribution is 6.10. The summed E-state index contributed by atoms with van der Waals surface area (Å²) in [7, 11) is 0. The van der Waals surface area contributed by atoms with E-state index in [0.717, 1.165) is 5.56 Å². The Morgan fingerprint density at radius 3 is 2.59 bits per heavy atom. The van der Waals surface area contributed by atoms with Crippen LogP contribution < -0.4 is 0 Å². The predicted molar refractivity (Wildman–Crippen MR) is 81.7 cm³/mol. The molecule has 0 saturated heterocycles. The molecular formula is C18H12FNO2. The maximum Gasteiger partial charge on any atom is 0.226 e. The van der Waals surface area contributed by atoms with Crippen LogP contribution in [0.15, 0.2) is 71.5 Å². The maximum atomic E-state index is 12.9. The second-order valence-electron chi connectivity index (χ2n) is 4.63. The Kier molecular flexibility index (Phi) is 3.92. The number of ketones is 1. The Morgan fingerprint density at radius 1 is 1.09 bits per heavy atom. The van der Waals surface area contributed by atoms with E-state index in [0.29, 0.717) is 17.0 Å². The number of hydrogen-bond acceptors (Lipinski definition) is 3. The number of carbonyl (C=O) groups is 1. The molecule has 108 valence electrons. The van der Waals surface area contributed by atoms with Crippen molar-refractivity contribution in [2.45, 2.75) is 0 Å². The van der Waals surface area contributed by atoms with Gasteiger partial charge in [-0.1, -0.05) is 36.4 Å². The summed E-state index contributed by atoms with van der Waals surface area (Å²) in [6, 6.07) is 13.0. The van der Waals surface area contributed by atoms with Crippen LogP contribution in [0.1, 0.15) is 15.9 Å². The molecule has 1 aromatic heterocycles. The molecule has 0 amide bonds. The topological polar surface area (TPSA) is 43.1 Å². The van der Waals surface area contributed by atoms with Gasteiger partial charge < -0.3 is 4.42 Å². The van der Waals surface area contributed by atoms with E-state index in [2.05, 4.69) is 4.98 Å². The lowest BCUT2D eigenvalue weighted by Gasteiger charge is -2.02. The molecule has 0 fully saturated rings. The highest BCUT2D eigenvalue weighted by atomic mass is 19.1. The van der Waals surface area contributed by atoms with Crippen LogP contribution in [0.4, 0.5) is 4.39 Å². The molecule has 3 nitrogen and oxygen atoms in total. The standard InChI is InChI=1S/C18H12FNO2/c19-14-8-5-13(6-9-14)7-10-17(21)15-3-1-2-4-16(15)18-20-11-12-22-18/h1-12H. The number of oxazole rings is 1. The second-order valence-corrected chi connectivity index (χ2v) is 4.63. The van der Waals surface area contributed by atoms with Crippen molar-refractivity contribution in [1.82, 2.24) is 4.98 Å². The molecule has 1 heterocycles. The Labute approximate surface area is 126 Å². The minimum absolute atomic E-state index is 0.168. The molecule has 0 saturated carbocycles. The van der Waals surface area contributed by atoms with Crippen LogP contribution >= 0.6 is 0 Å². The van der Waals surface area contributed by atoms with Crippen molar-refractivity contribution in [3.05, 3.63) is 84.0 Å². The van der Waals surface area contributed by atoms with Crippen LogP contribution in [0.25, 0.3) is 17.5 Å². The number of nitrogens with zero attached hydrogens (tertiary/aromatic N) is 1. The molecule has 0 bridgehead atoms. The molecule has 0 aliphatic rings. The van der Waals surface area contributed by atoms with Crippen LogP contribution in [-0.4, -0.2) is 10.8 Å². The van der Waals surface area contributed by atoms with Gasteiger partial charge in [0.2, 0.25) is 5.89 Å². The highest BCUT2D eigenvalue weighted by Crippen LogP contribution is 2.22. The average molecular weight is 293 g/mol. The zero-order valence-electron chi connectivity index (χ0n) is 11.6. The first-order valence-electron chi connectivity index (χ1n) is 6.71. The van der Waals surface area contributed by atoms with Crippen LogP contribution in [-0.2, 0) is 0 Å². The van der Waals surface area contributed by atoms with Crippen molar-refractivity contribution in [1.29, 1.82) is 0 Å². The fourth-order valence-corrected chi connectivity index (χ4v) is 2.08. The second kappa shape index (κ2) is 6.18. The molecule has 0 aliphatic heterocycles. The van der Waals surface area contributed by atoms with E-state index in [1.807, 2.05) is 6.07 Å². The van der Waals surface area contributed by atoms with Gasteiger partial charge in [-0.15, -0.1) is 0 Å². The van der Waals surface area contributed by atoms with Crippen molar-refractivity contribution < 1.29 is 13.6 Å². The number of rotatable bonds is 4. The molecule has 0 radical (unpaired) electrons. The van der Waals surface area contributed by atoms with Crippen molar-refractivity contribution >= 4 is 11.9 Å². The van der Waals surface area contributed by atoms with Crippen LogP contribution in [0, 0.1) is 5.82 Å². The van der Waals surface area contributed by atoms with E-state index in [1.54, 1.807) is 36.4 Å². The molecule has 3 rings (SSSR count). The fourth-order valence-electron chi connectivity index (χ4n) is 2.08. The Bertz CT molecular complexity index is 805. The van der Waals surface area contributed by atoms with E-state index in [-0.39, 0.29) is 11.6 Å². The smallest absolute Gasteiger partial charge is 0.226 e. The highest BCUT2D eigenvalue weighted by Gasteiger charge is 2.12. The van der Waals surface area contributed by atoms with Gasteiger partial charge in [0, 0.05) is 11.1 Å². The van der Waals surface area contributed by atoms with Gasteiger partial charge in [-0.05, 0) is 29.8 Å². The third kappa shape index (κ3) is 3.01. The van der Waals surface area contributed by atoms with Crippen molar-refractivity contribution in [2.24, 2.45) is 0 Å². The molecule has 0 N–H and O–H groups in total. The maximum absolute atomic E-state index is 12.9. The number of hydrogen-bond donors (Lipinski definition) is 0. The van der Waals surface area contributed by atoms with E-state index in [1.165, 1.54) is 30.7 Å². The third-order valence-corrected chi connectivity index (χ3v) is 3.15. The Hall–Kier alpha value is -3.01. The first-order chi connectivity index (χ1) is 10.7. The van der Waals surface area contributed by atoms with Gasteiger partial charge in [0.15, 0.2) is 5.78 Å². The van der Waals surface area contributed by atoms with Crippen molar-refractivity contribution in [3.8, 4) is 11.5 Å². The molecule has 3 aromatic rings. The summed E-state index contributed by atoms with van der Waals surface area (Å²) in [4.78, 5) is 16.4. The van der Waals surface area contributed by atoms with Gasteiger partial charge in [-0.25, -0.2) is 9.37 Å². The number of halogens is 1. The van der Waals surface area contributed by atoms with Crippen LogP contribution in [0.2, 0.25) is 0 Å². The number of allylic oxidation sites excluding steroid dienone is 1. The Balaban J connectivity index is 1.88. The van der Waals surface area contributed by atoms with E-state index >= 15 is 0 Å². The molecule has 22 heavy (non-hydrogen) atoms. The van der Waals surface area contributed by atoms with Crippen molar-refractivity contribution in [3.63, 3.8) is 0 Å². The summed E-state index contributed by atoms with van der Waals surface area (Å²) < 4.78 is 18.1. The zero-order chi connectivity index (χ0) is 15.4. The summed E-state index contributed by atoms with van der Waals surface area (Å²) in [6.45, 7) is 0. The largest absolute Gasteiger partial charge is 0.445 e. The minimum atomic E-state index is -0.308. The molecular weight excluding hydrogens is 281 g/mol. The molecule has 0 aliphatic carbocycles. The number of benzene rings is 2. The summed E-state index contributed by atoms with van der Waals surface area (Å²) >= 11 is 0. The summed E-state index contributed by atoms with van der Waals surface area (Å²) in [6.07, 6.45) is 6.10. The van der Waals surface area contributed by atoms with E-state index in [9.17, 15) is 9.18 Å². The molecule has 4 heteroatoms. The monoisotopic (exact) mass is 293 g/mol. The minimum Gasteiger partial charge on any atom is -0.445 e. The van der Waals surface area contributed by atoms with Crippen LogP contribution in [0.3, 0.4) is 0 Å². The van der Waals surface area contributed by atoms with Gasteiger partial charge in [0.1, 0.15) is 12.1 Å². The van der Waals surface area contributed by atoms with Crippen LogP contribution in [0.5, 0.6) is 0 Å². The van der Waals surface area contributed by atoms with E-state index < -0.39 is 0 Å². The normalized spacial score (nSPS) is 11.0. The summed E-state index contributed by atoms with van der Waals surface area (Å²) in [5.41, 5.74) is 1.90. The quantitative estimate of drug-likeness (QED) is 0.529. The van der Waals surface area contributed by atoms with Gasteiger partial charge in [0.05, 0.1) is 6.20 Å².